The summed E-state index contributed by atoms with van der Waals surface area (Å²) in [7, 11) is 0. The van der Waals surface area contributed by atoms with Crippen LogP contribution in [0.4, 0.5) is 0 Å². The number of nitrogens with two attached hydrogens (primary N) is 1. The van der Waals surface area contributed by atoms with Crippen LogP contribution in [-0.2, 0) is 6.42 Å². The first-order chi connectivity index (χ1) is 5.70. The number of rotatable bonds is 0. The Labute approximate surface area is 76.0 Å². The number of aliphatic hydroxyl groups excluding tert-OH is 1. The van der Waals surface area contributed by atoms with Crippen LogP contribution in [0, 0.1) is 0 Å². The van der Waals surface area contributed by atoms with Gasteiger partial charge in [0.15, 0.2) is 0 Å². The lowest BCUT2D eigenvalue weighted by atomic mass is 10.1. The minimum atomic E-state index is -0.472. The quantitative estimate of drug-likeness (QED) is 0.636. The third-order valence-electron chi connectivity index (χ3n) is 2.34. The number of halogens is 1. The molecule has 1 aromatic carbocycles. The third kappa shape index (κ3) is 1.04. The summed E-state index contributed by atoms with van der Waals surface area (Å²) in [4.78, 5) is 0. The van der Waals surface area contributed by atoms with Gasteiger partial charge in [-0.1, -0.05) is 23.7 Å². The van der Waals surface area contributed by atoms with Crippen molar-refractivity contribution in [1.29, 1.82) is 0 Å². The molecule has 12 heavy (non-hydrogen) atoms. The molecule has 0 saturated carbocycles. The number of benzene rings is 1. The van der Waals surface area contributed by atoms with Crippen molar-refractivity contribution in [2.75, 3.05) is 0 Å². The van der Waals surface area contributed by atoms with Gasteiger partial charge in [0.05, 0.1) is 12.1 Å². The molecule has 0 heterocycles. The number of fused-ring (bicyclic) bond motifs is 1. The van der Waals surface area contributed by atoms with E-state index in [1.807, 2.05) is 18.2 Å². The zero-order chi connectivity index (χ0) is 8.72. The van der Waals surface area contributed by atoms with Crippen molar-refractivity contribution >= 4 is 11.6 Å². The number of hydrogen-bond acceptors (Lipinski definition) is 2. The van der Waals surface area contributed by atoms with Crippen LogP contribution >= 0.6 is 11.6 Å². The van der Waals surface area contributed by atoms with Crippen LogP contribution in [0.1, 0.15) is 17.2 Å². The van der Waals surface area contributed by atoms with Gasteiger partial charge in [0.2, 0.25) is 0 Å². The molecule has 1 aliphatic carbocycles. The van der Waals surface area contributed by atoms with Crippen molar-refractivity contribution < 1.29 is 5.11 Å². The highest BCUT2D eigenvalue weighted by atomic mass is 35.5. The highest BCUT2D eigenvalue weighted by Crippen LogP contribution is 2.33. The van der Waals surface area contributed by atoms with Gasteiger partial charge in [0.1, 0.15) is 0 Å². The van der Waals surface area contributed by atoms with E-state index in [9.17, 15) is 5.11 Å². The zero-order valence-corrected chi connectivity index (χ0v) is 7.25. The summed E-state index contributed by atoms with van der Waals surface area (Å²) in [6.45, 7) is 0. The van der Waals surface area contributed by atoms with E-state index >= 15 is 0 Å². The van der Waals surface area contributed by atoms with Gasteiger partial charge in [-0.2, -0.15) is 0 Å². The molecular formula is C9H10ClNO. The molecule has 0 amide bonds. The Kier molecular flexibility index (Phi) is 1.83. The van der Waals surface area contributed by atoms with E-state index in [4.69, 9.17) is 17.3 Å². The van der Waals surface area contributed by atoms with Crippen molar-refractivity contribution in [2.24, 2.45) is 5.73 Å². The average Bonchev–Trinajstić information content (AvgIpc) is 2.32. The van der Waals surface area contributed by atoms with Crippen molar-refractivity contribution in [3.05, 3.63) is 34.3 Å². The molecule has 2 atom stereocenters. The Balaban J connectivity index is 2.53. The summed E-state index contributed by atoms with van der Waals surface area (Å²) in [5, 5.41) is 10.2. The number of aliphatic hydroxyl groups is 1. The van der Waals surface area contributed by atoms with E-state index in [0.717, 1.165) is 11.1 Å². The summed E-state index contributed by atoms with van der Waals surface area (Å²) in [6, 6.07) is 5.34. The van der Waals surface area contributed by atoms with Gasteiger partial charge in [0, 0.05) is 11.4 Å². The smallest absolute Gasteiger partial charge is 0.0773 e. The maximum Gasteiger partial charge on any atom is 0.0773 e. The fraction of sp³-hybridized carbons (Fsp3) is 0.333. The Morgan fingerprint density at radius 2 is 2.25 bits per heavy atom. The first-order valence-electron chi connectivity index (χ1n) is 3.91. The molecule has 1 aromatic rings. The monoisotopic (exact) mass is 183 g/mol. The molecule has 0 unspecified atom stereocenters. The SMILES string of the molecule is N[C@H]1c2cccc(Cl)c2C[C@H]1O. The van der Waals surface area contributed by atoms with E-state index in [0.29, 0.717) is 11.4 Å². The predicted octanol–water partition coefficient (Wildman–Crippen LogP) is 1.26. The maximum atomic E-state index is 9.46. The summed E-state index contributed by atoms with van der Waals surface area (Å²) in [6.07, 6.45) is 0.107. The van der Waals surface area contributed by atoms with E-state index in [-0.39, 0.29) is 6.04 Å². The summed E-state index contributed by atoms with van der Waals surface area (Å²) >= 11 is 5.93. The zero-order valence-electron chi connectivity index (χ0n) is 6.50. The second kappa shape index (κ2) is 2.73. The van der Waals surface area contributed by atoms with Gasteiger partial charge in [-0.25, -0.2) is 0 Å². The van der Waals surface area contributed by atoms with Crippen LogP contribution in [-0.4, -0.2) is 11.2 Å². The maximum absolute atomic E-state index is 9.46. The van der Waals surface area contributed by atoms with E-state index in [2.05, 4.69) is 0 Å². The topological polar surface area (TPSA) is 46.2 Å². The van der Waals surface area contributed by atoms with Gasteiger partial charge in [-0.05, 0) is 17.2 Å². The lowest BCUT2D eigenvalue weighted by Crippen LogP contribution is -2.21. The van der Waals surface area contributed by atoms with Gasteiger partial charge in [0.25, 0.3) is 0 Å². The van der Waals surface area contributed by atoms with Crippen LogP contribution in [0.5, 0.6) is 0 Å². The number of hydrogen-bond donors (Lipinski definition) is 2. The second-order valence-electron chi connectivity index (χ2n) is 3.10. The average molecular weight is 184 g/mol. The molecule has 3 N–H and O–H groups in total. The van der Waals surface area contributed by atoms with Crippen LogP contribution in [0.25, 0.3) is 0 Å². The molecule has 2 nitrogen and oxygen atoms in total. The van der Waals surface area contributed by atoms with Gasteiger partial charge >= 0.3 is 0 Å². The van der Waals surface area contributed by atoms with E-state index in [1.54, 1.807) is 0 Å². The lowest BCUT2D eigenvalue weighted by molar-refractivity contribution is 0.158. The standard InChI is InChI=1S/C9H10ClNO/c10-7-3-1-2-5-6(7)4-8(12)9(5)11/h1-3,8-9,12H,4,11H2/t8-,9+/m1/s1. The summed E-state index contributed by atoms with van der Waals surface area (Å²) in [5.74, 6) is 0. The van der Waals surface area contributed by atoms with Crippen molar-refractivity contribution in [3.63, 3.8) is 0 Å². The normalized spacial score (nSPS) is 27.2. The molecule has 0 aliphatic heterocycles. The van der Waals surface area contributed by atoms with Crippen LogP contribution in [0.2, 0.25) is 5.02 Å². The highest BCUT2D eigenvalue weighted by Gasteiger charge is 2.28. The minimum Gasteiger partial charge on any atom is -0.391 e. The molecule has 0 radical (unpaired) electrons. The largest absolute Gasteiger partial charge is 0.391 e. The second-order valence-corrected chi connectivity index (χ2v) is 3.51. The van der Waals surface area contributed by atoms with Gasteiger partial charge < -0.3 is 10.8 Å². The Morgan fingerprint density at radius 1 is 1.50 bits per heavy atom. The highest BCUT2D eigenvalue weighted by molar-refractivity contribution is 6.31. The molecule has 0 fully saturated rings. The first kappa shape index (κ1) is 8.05. The van der Waals surface area contributed by atoms with Gasteiger partial charge in [-0.3, -0.25) is 0 Å². The van der Waals surface area contributed by atoms with E-state index < -0.39 is 6.10 Å². The van der Waals surface area contributed by atoms with Crippen LogP contribution in [0.3, 0.4) is 0 Å². The van der Waals surface area contributed by atoms with Crippen molar-refractivity contribution in [3.8, 4) is 0 Å². The Bertz CT molecular complexity index is 313. The van der Waals surface area contributed by atoms with Crippen LogP contribution < -0.4 is 5.73 Å². The third-order valence-corrected chi connectivity index (χ3v) is 2.70. The van der Waals surface area contributed by atoms with Crippen molar-refractivity contribution in [2.45, 2.75) is 18.6 Å². The Hall–Kier alpha value is -0.570. The molecule has 0 spiro atoms. The first-order valence-corrected chi connectivity index (χ1v) is 4.29. The molecule has 0 bridgehead atoms. The lowest BCUT2D eigenvalue weighted by Gasteiger charge is -2.07. The molecule has 1 aliphatic rings. The minimum absolute atomic E-state index is 0.265. The Morgan fingerprint density at radius 3 is 2.92 bits per heavy atom. The molecular weight excluding hydrogens is 174 g/mol. The van der Waals surface area contributed by atoms with E-state index in [1.165, 1.54) is 0 Å². The molecule has 0 saturated heterocycles. The van der Waals surface area contributed by atoms with Gasteiger partial charge in [-0.15, -0.1) is 0 Å². The summed E-state index contributed by atoms with van der Waals surface area (Å²) in [5.41, 5.74) is 7.73. The fourth-order valence-corrected chi connectivity index (χ4v) is 1.91. The van der Waals surface area contributed by atoms with Crippen LogP contribution in [0.15, 0.2) is 18.2 Å². The van der Waals surface area contributed by atoms with Crippen molar-refractivity contribution in [1.82, 2.24) is 0 Å². The fourth-order valence-electron chi connectivity index (χ4n) is 1.65. The molecule has 3 heteroatoms. The molecule has 2 rings (SSSR count). The molecule has 64 valence electrons. The molecule has 0 aromatic heterocycles. The summed E-state index contributed by atoms with van der Waals surface area (Å²) < 4.78 is 0. The predicted molar refractivity (Wildman–Crippen MR) is 48.1 cm³/mol.